The maximum atomic E-state index is 12.1. The molecular formula is C42H58O3. The number of ketones is 1. The van der Waals surface area contributed by atoms with Gasteiger partial charge in [0.15, 0.2) is 5.78 Å². The molecule has 0 amide bonds. The van der Waals surface area contributed by atoms with Gasteiger partial charge in [-0.2, -0.15) is 0 Å². The molecule has 0 rings (SSSR count). The van der Waals surface area contributed by atoms with E-state index in [1.54, 1.807) is 34.1 Å². The van der Waals surface area contributed by atoms with Crippen LogP contribution in [0.15, 0.2) is 155 Å². The molecule has 0 unspecified atom stereocenters. The van der Waals surface area contributed by atoms with Gasteiger partial charge in [-0.15, -0.1) is 0 Å². The average Bonchev–Trinajstić information content (AvgIpc) is 2.97. The van der Waals surface area contributed by atoms with Gasteiger partial charge in [0.2, 0.25) is 0 Å². The maximum Gasteiger partial charge on any atom is 0.186 e. The molecule has 0 heterocycles. The molecule has 0 aromatic carbocycles. The SMILES string of the molecule is COC(C)(C)C/C=C/C(C)=C/C=C/C(C)=C/C=C/C(C)=C/C=C/C=C(C)/C=C/C=C(C)/C=C/C=C(C)/C=C/C(=O)C(C)(C)OC. The molecule has 0 saturated heterocycles. The highest BCUT2D eigenvalue weighted by Crippen LogP contribution is 2.14. The predicted molar refractivity (Wildman–Crippen MR) is 198 cm³/mol. The zero-order chi connectivity index (χ0) is 34.3. The van der Waals surface area contributed by atoms with Gasteiger partial charge < -0.3 is 9.47 Å². The summed E-state index contributed by atoms with van der Waals surface area (Å²) in [6, 6.07) is 0. The van der Waals surface area contributed by atoms with E-state index in [-0.39, 0.29) is 11.4 Å². The summed E-state index contributed by atoms with van der Waals surface area (Å²) in [6.07, 6.45) is 41.6. The first kappa shape index (κ1) is 41.2. The summed E-state index contributed by atoms with van der Waals surface area (Å²) >= 11 is 0. The van der Waals surface area contributed by atoms with Crippen LogP contribution in [-0.4, -0.2) is 31.2 Å². The first-order valence-corrected chi connectivity index (χ1v) is 15.5. The van der Waals surface area contributed by atoms with Crippen molar-refractivity contribution < 1.29 is 14.3 Å². The Balaban J connectivity index is 4.86. The third-order valence-corrected chi connectivity index (χ3v) is 6.85. The lowest BCUT2D eigenvalue weighted by atomic mass is 10.0. The smallest absolute Gasteiger partial charge is 0.186 e. The third-order valence-electron chi connectivity index (χ3n) is 6.85. The lowest BCUT2D eigenvalue weighted by molar-refractivity contribution is -0.131. The number of hydrogen-bond acceptors (Lipinski definition) is 3. The fourth-order valence-corrected chi connectivity index (χ4v) is 3.28. The summed E-state index contributed by atoms with van der Waals surface area (Å²) in [6.45, 7) is 20.1. The minimum Gasteiger partial charge on any atom is -0.378 e. The Morgan fingerprint density at radius 1 is 0.467 bits per heavy atom. The van der Waals surface area contributed by atoms with Crippen molar-refractivity contribution >= 4 is 5.78 Å². The molecule has 0 N–H and O–H groups in total. The highest BCUT2D eigenvalue weighted by Gasteiger charge is 2.23. The van der Waals surface area contributed by atoms with E-state index >= 15 is 0 Å². The predicted octanol–water partition coefficient (Wildman–Crippen LogP) is 11.4. The summed E-state index contributed by atoms with van der Waals surface area (Å²) in [5, 5.41) is 0. The number of rotatable bonds is 18. The molecule has 0 aliphatic carbocycles. The van der Waals surface area contributed by atoms with Crippen LogP contribution in [0.3, 0.4) is 0 Å². The number of methoxy groups -OCH3 is 2. The zero-order valence-corrected chi connectivity index (χ0v) is 30.0. The van der Waals surface area contributed by atoms with Gasteiger partial charge in [-0.25, -0.2) is 0 Å². The Hall–Kier alpha value is -3.79. The fourth-order valence-electron chi connectivity index (χ4n) is 3.28. The van der Waals surface area contributed by atoms with E-state index < -0.39 is 5.60 Å². The highest BCUT2D eigenvalue weighted by molar-refractivity contribution is 5.96. The molecule has 244 valence electrons. The van der Waals surface area contributed by atoms with E-state index in [1.165, 1.54) is 16.7 Å². The van der Waals surface area contributed by atoms with Gasteiger partial charge in [-0.05, 0) is 81.7 Å². The van der Waals surface area contributed by atoms with Crippen LogP contribution >= 0.6 is 0 Å². The second-order valence-electron chi connectivity index (χ2n) is 12.3. The molecule has 0 atom stereocenters. The van der Waals surface area contributed by atoms with Crippen molar-refractivity contribution in [3.63, 3.8) is 0 Å². The monoisotopic (exact) mass is 610 g/mol. The Morgan fingerprint density at radius 3 is 1.16 bits per heavy atom. The molecule has 3 heteroatoms. The standard InChI is InChI=1S/C42H58O3/c1-34(22-15-24-36(3)26-17-28-38(5)30-19-33-41(7,8)44-11)20-13-14-21-35(2)23-16-25-37(4)27-18-29-39(6)31-32-40(43)42(9,10)45-12/h13-32H,33H2,1-12H3/b14-13+,22-15+,23-16+,26-17+,27-18+,30-19+,32-31+,34-20+,35-21+,36-24+,37-25+,38-28+,39-29+. The summed E-state index contributed by atoms with van der Waals surface area (Å²) < 4.78 is 10.7. The summed E-state index contributed by atoms with van der Waals surface area (Å²) in [5.41, 5.74) is 5.92. The normalized spacial score (nSPS) is 16.1. The lowest BCUT2D eigenvalue weighted by Gasteiger charge is -2.20. The van der Waals surface area contributed by atoms with Gasteiger partial charge in [0.05, 0.1) is 5.60 Å². The Bertz CT molecular complexity index is 1330. The van der Waals surface area contributed by atoms with E-state index in [0.717, 1.165) is 23.1 Å². The van der Waals surface area contributed by atoms with Crippen LogP contribution in [0.25, 0.3) is 0 Å². The van der Waals surface area contributed by atoms with Crippen molar-refractivity contribution in [3.05, 3.63) is 155 Å². The molecule has 0 saturated carbocycles. The molecule has 0 aromatic heterocycles. The van der Waals surface area contributed by atoms with Crippen LogP contribution < -0.4 is 0 Å². The number of carbonyl (C=O) groups is 1. The van der Waals surface area contributed by atoms with E-state index in [0.29, 0.717) is 0 Å². The van der Waals surface area contributed by atoms with Gasteiger partial charge in [-0.3, -0.25) is 4.79 Å². The van der Waals surface area contributed by atoms with Crippen LogP contribution in [0.2, 0.25) is 0 Å². The van der Waals surface area contributed by atoms with Gasteiger partial charge in [0.25, 0.3) is 0 Å². The molecule has 0 aromatic rings. The van der Waals surface area contributed by atoms with Crippen molar-refractivity contribution in [2.75, 3.05) is 14.2 Å². The number of ether oxygens (including phenoxy) is 2. The van der Waals surface area contributed by atoms with Crippen molar-refractivity contribution in [1.82, 2.24) is 0 Å². The summed E-state index contributed by atoms with van der Waals surface area (Å²) in [7, 11) is 3.29. The average molecular weight is 611 g/mol. The second kappa shape index (κ2) is 22.7. The third kappa shape index (κ3) is 22.4. The van der Waals surface area contributed by atoms with Crippen LogP contribution in [0, 0.1) is 0 Å². The first-order chi connectivity index (χ1) is 21.1. The maximum absolute atomic E-state index is 12.1. The van der Waals surface area contributed by atoms with Crippen LogP contribution in [-0.2, 0) is 14.3 Å². The van der Waals surface area contributed by atoms with E-state index in [9.17, 15) is 4.79 Å². The fraction of sp³-hybridized carbons (Fsp3) is 0.357. The second-order valence-corrected chi connectivity index (χ2v) is 12.3. The lowest BCUT2D eigenvalue weighted by Crippen LogP contribution is -2.32. The Morgan fingerprint density at radius 2 is 0.800 bits per heavy atom. The molecule has 0 radical (unpaired) electrons. The summed E-state index contributed by atoms with van der Waals surface area (Å²) in [5.74, 6) is -0.0572. The van der Waals surface area contributed by atoms with Gasteiger partial charge in [0.1, 0.15) is 5.60 Å². The largest absolute Gasteiger partial charge is 0.378 e. The van der Waals surface area contributed by atoms with Gasteiger partial charge >= 0.3 is 0 Å². The number of allylic oxidation sites excluding steroid dienone is 24. The molecule has 0 aliphatic heterocycles. The van der Waals surface area contributed by atoms with Crippen LogP contribution in [0.1, 0.15) is 75.7 Å². The summed E-state index contributed by atoms with van der Waals surface area (Å²) in [4.78, 5) is 12.1. The molecule has 3 nitrogen and oxygen atoms in total. The Kier molecular flexibility index (Phi) is 20.8. The Labute approximate surface area is 275 Å². The number of carbonyl (C=O) groups excluding carboxylic acids is 1. The van der Waals surface area contributed by atoms with Crippen molar-refractivity contribution in [2.24, 2.45) is 0 Å². The van der Waals surface area contributed by atoms with Crippen molar-refractivity contribution in [1.29, 1.82) is 0 Å². The quantitative estimate of drug-likeness (QED) is 0.114. The number of hydrogen-bond donors (Lipinski definition) is 0. The van der Waals surface area contributed by atoms with Crippen molar-refractivity contribution in [2.45, 2.75) is 86.9 Å². The molecule has 45 heavy (non-hydrogen) atoms. The molecule has 0 spiro atoms. The first-order valence-electron chi connectivity index (χ1n) is 15.5. The van der Waals surface area contributed by atoms with Crippen LogP contribution in [0.5, 0.6) is 0 Å². The minimum absolute atomic E-state index is 0.0572. The topological polar surface area (TPSA) is 35.5 Å². The highest BCUT2D eigenvalue weighted by atomic mass is 16.5. The van der Waals surface area contributed by atoms with E-state index in [1.807, 2.05) is 37.3 Å². The van der Waals surface area contributed by atoms with E-state index in [4.69, 9.17) is 9.47 Å². The van der Waals surface area contributed by atoms with Gasteiger partial charge in [-0.1, -0.05) is 149 Å². The van der Waals surface area contributed by atoms with Gasteiger partial charge in [0, 0.05) is 14.2 Å². The minimum atomic E-state index is -0.804. The van der Waals surface area contributed by atoms with Crippen molar-refractivity contribution in [3.8, 4) is 0 Å². The molecule has 0 fully saturated rings. The zero-order valence-electron chi connectivity index (χ0n) is 30.0. The van der Waals surface area contributed by atoms with Crippen LogP contribution in [0.4, 0.5) is 0 Å². The molecule has 0 aliphatic rings. The molecule has 0 bridgehead atoms. The van der Waals surface area contributed by atoms with E-state index in [2.05, 4.69) is 134 Å². The molecular weight excluding hydrogens is 552 g/mol.